The third-order valence-electron chi connectivity index (χ3n) is 3.68. The van der Waals surface area contributed by atoms with E-state index < -0.39 is 0 Å². The minimum atomic E-state index is 0.0610. The molecule has 0 aromatic heterocycles. The predicted molar refractivity (Wildman–Crippen MR) is 71.2 cm³/mol. The third-order valence-corrected chi connectivity index (χ3v) is 3.90. The minimum Gasteiger partial charge on any atom is -0.358 e. The van der Waals surface area contributed by atoms with Gasteiger partial charge in [-0.05, 0) is 43.8 Å². The van der Waals surface area contributed by atoms with E-state index in [2.05, 4.69) is 23.1 Å². The molecule has 2 fully saturated rings. The summed E-state index contributed by atoms with van der Waals surface area (Å²) in [7, 11) is 0. The monoisotopic (exact) mass is 255 g/mol. The molecule has 4 nitrogen and oxygen atoms in total. The maximum atomic E-state index is 11.4. The fourth-order valence-corrected chi connectivity index (χ4v) is 2.50. The lowest BCUT2D eigenvalue weighted by molar-refractivity contribution is -0.122. The molecule has 0 aliphatic heterocycles. The first-order valence-corrected chi connectivity index (χ1v) is 6.94. The summed E-state index contributed by atoms with van der Waals surface area (Å²) in [6.07, 6.45) is 7.02. The first-order chi connectivity index (χ1) is 8.16. The third kappa shape index (κ3) is 3.84. The number of carbonyl (C=O) groups excluding carboxylic acids is 1. The fourth-order valence-electron chi connectivity index (χ4n) is 2.30. The van der Waals surface area contributed by atoms with Crippen molar-refractivity contribution in [3.8, 4) is 0 Å². The van der Waals surface area contributed by atoms with Crippen molar-refractivity contribution < 1.29 is 4.79 Å². The van der Waals surface area contributed by atoms with Gasteiger partial charge in [0, 0.05) is 12.0 Å². The van der Waals surface area contributed by atoms with Crippen molar-refractivity contribution in [3.63, 3.8) is 0 Å². The Morgan fingerprint density at radius 3 is 2.47 bits per heavy atom. The lowest BCUT2D eigenvalue weighted by Gasteiger charge is -2.30. The van der Waals surface area contributed by atoms with Crippen LogP contribution in [0.3, 0.4) is 0 Å². The van der Waals surface area contributed by atoms with E-state index >= 15 is 0 Å². The van der Waals surface area contributed by atoms with Crippen molar-refractivity contribution in [2.24, 2.45) is 11.8 Å². The van der Waals surface area contributed by atoms with Crippen LogP contribution in [0.1, 0.15) is 45.4 Å². The zero-order chi connectivity index (χ0) is 12.3. The standard InChI is InChI=1S/C12H21N3OS/c1-8-4-2-3-5-10(8)13-12(17)15-14-11(16)9-6-7-9/h8-10H,2-7H2,1H3,(H,14,16)(H2,13,15,17)/t8-,10-/m0/s1. The van der Waals surface area contributed by atoms with Gasteiger partial charge in [-0.2, -0.15) is 0 Å². The van der Waals surface area contributed by atoms with E-state index in [-0.39, 0.29) is 11.8 Å². The van der Waals surface area contributed by atoms with Crippen molar-refractivity contribution in [1.29, 1.82) is 0 Å². The number of thiocarbonyl (C=S) groups is 1. The first-order valence-electron chi connectivity index (χ1n) is 6.53. The van der Waals surface area contributed by atoms with Crippen LogP contribution in [0, 0.1) is 11.8 Å². The van der Waals surface area contributed by atoms with Crippen LogP contribution < -0.4 is 16.2 Å². The molecule has 3 N–H and O–H groups in total. The van der Waals surface area contributed by atoms with E-state index in [0.717, 1.165) is 12.8 Å². The Kier molecular flexibility index (Phi) is 4.20. The maximum absolute atomic E-state index is 11.4. The molecule has 2 atom stereocenters. The van der Waals surface area contributed by atoms with Gasteiger partial charge in [0.05, 0.1) is 0 Å². The van der Waals surface area contributed by atoms with Crippen LogP contribution in [0.15, 0.2) is 0 Å². The molecule has 2 aliphatic rings. The van der Waals surface area contributed by atoms with Gasteiger partial charge in [0.15, 0.2) is 5.11 Å². The van der Waals surface area contributed by atoms with Crippen molar-refractivity contribution in [2.45, 2.75) is 51.5 Å². The molecular weight excluding hydrogens is 234 g/mol. The summed E-state index contributed by atoms with van der Waals surface area (Å²) in [5.41, 5.74) is 5.45. The van der Waals surface area contributed by atoms with E-state index in [4.69, 9.17) is 12.2 Å². The van der Waals surface area contributed by atoms with E-state index in [1.807, 2.05) is 0 Å². The van der Waals surface area contributed by atoms with Gasteiger partial charge in [0.2, 0.25) is 5.91 Å². The molecule has 96 valence electrons. The highest BCUT2D eigenvalue weighted by Gasteiger charge is 2.29. The number of rotatable bonds is 2. The molecule has 5 heteroatoms. The quantitative estimate of drug-likeness (QED) is 0.517. The zero-order valence-electron chi connectivity index (χ0n) is 10.3. The van der Waals surface area contributed by atoms with Crippen LogP contribution in [-0.2, 0) is 4.79 Å². The van der Waals surface area contributed by atoms with E-state index in [1.165, 1.54) is 25.7 Å². The van der Waals surface area contributed by atoms with Crippen LogP contribution in [-0.4, -0.2) is 17.1 Å². The van der Waals surface area contributed by atoms with Crippen LogP contribution >= 0.6 is 12.2 Å². The molecule has 0 bridgehead atoms. The van der Waals surface area contributed by atoms with Crippen LogP contribution in [0.2, 0.25) is 0 Å². The second-order valence-corrected chi connectivity index (χ2v) is 5.64. The van der Waals surface area contributed by atoms with Gasteiger partial charge in [-0.1, -0.05) is 19.8 Å². The van der Waals surface area contributed by atoms with Crippen molar-refractivity contribution in [2.75, 3.05) is 0 Å². The highest BCUT2D eigenvalue weighted by molar-refractivity contribution is 7.80. The molecular formula is C12H21N3OS. The zero-order valence-corrected chi connectivity index (χ0v) is 11.1. The highest BCUT2D eigenvalue weighted by Crippen LogP contribution is 2.28. The Morgan fingerprint density at radius 2 is 1.82 bits per heavy atom. The topological polar surface area (TPSA) is 53.2 Å². The summed E-state index contributed by atoms with van der Waals surface area (Å²) in [5, 5.41) is 3.83. The summed E-state index contributed by atoms with van der Waals surface area (Å²) in [6.45, 7) is 2.25. The number of carbonyl (C=O) groups is 1. The van der Waals surface area contributed by atoms with Gasteiger partial charge < -0.3 is 5.32 Å². The van der Waals surface area contributed by atoms with E-state index in [0.29, 0.717) is 17.1 Å². The lowest BCUT2D eigenvalue weighted by atomic mass is 9.86. The predicted octanol–water partition coefficient (Wildman–Crippen LogP) is 1.47. The van der Waals surface area contributed by atoms with Gasteiger partial charge in [-0.25, -0.2) is 0 Å². The summed E-state index contributed by atoms with van der Waals surface area (Å²) < 4.78 is 0. The summed E-state index contributed by atoms with van der Waals surface area (Å²) in [5.74, 6) is 0.924. The average Bonchev–Trinajstić information content (AvgIpc) is 3.13. The van der Waals surface area contributed by atoms with Gasteiger partial charge in [0.1, 0.15) is 0 Å². The van der Waals surface area contributed by atoms with Crippen molar-refractivity contribution >= 4 is 23.2 Å². The average molecular weight is 255 g/mol. The van der Waals surface area contributed by atoms with Gasteiger partial charge in [-0.15, -0.1) is 0 Å². The van der Waals surface area contributed by atoms with E-state index in [9.17, 15) is 4.79 Å². The van der Waals surface area contributed by atoms with Gasteiger partial charge in [-0.3, -0.25) is 15.6 Å². The maximum Gasteiger partial charge on any atom is 0.241 e. The molecule has 2 saturated carbocycles. The number of hydrazine groups is 1. The Morgan fingerprint density at radius 1 is 1.12 bits per heavy atom. The Balaban J connectivity index is 1.67. The summed E-state index contributed by atoms with van der Waals surface area (Å²) in [4.78, 5) is 11.4. The molecule has 0 aromatic rings. The Hall–Kier alpha value is -0.840. The Bertz CT molecular complexity index is 304. The van der Waals surface area contributed by atoms with Crippen LogP contribution in [0.25, 0.3) is 0 Å². The molecule has 2 rings (SSSR count). The Labute approximate surface area is 108 Å². The molecule has 0 saturated heterocycles. The second kappa shape index (κ2) is 5.67. The fraction of sp³-hybridized carbons (Fsp3) is 0.833. The molecule has 0 aromatic carbocycles. The first kappa shape index (κ1) is 12.6. The van der Waals surface area contributed by atoms with Gasteiger partial charge >= 0.3 is 0 Å². The summed E-state index contributed by atoms with van der Waals surface area (Å²) in [6, 6.07) is 0.446. The van der Waals surface area contributed by atoms with Crippen LogP contribution in [0.5, 0.6) is 0 Å². The molecule has 1 amide bonds. The second-order valence-electron chi connectivity index (χ2n) is 5.23. The molecule has 0 spiro atoms. The molecule has 2 aliphatic carbocycles. The van der Waals surface area contributed by atoms with Crippen LogP contribution in [0.4, 0.5) is 0 Å². The van der Waals surface area contributed by atoms with Gasteiger partial charge in [0.25, 0.3) is 0 Å². The lowest BCUT2D eigenvalue weighted by Crippen LogP contribution is -2.51. The SMILES string of the molecule is C[C@H]1CCCC[C@@H]1NC(=S)NNC(=O)C1CC1. The van der Waals surface area contributed by atoms with Crippen molar-refractivity contribution in [1.82, 2.24) is 16.2 Å². The summed E-state index contributed by atoms with van der Waals surface area (Å²) >= 11 is 5.18. The molecule has 0 unspecified atom stereocenters. The number of nitrogens with one attached hydrogen (secondary N) is 3. The van der Waals surface area contributed by atoms with E-state index in [1.54, 1.807) is 0 Å². The highest BCUT2D eigenvalue weighted by atomic mass is 32.1. The molecule has 0 heterocycles. The normalized spacial score (nSPS) is 28.3. The number of hydrogen-bond donors (Lipinski definition) is 3. The number of hydrogen-bond acceptors (Lipinski definition) is 2. The smallest absolute Gasteiger partial charge is 0.241 e. The largest absolute Gasteiger partial charge is 0.358 e. The molecule has 17 heavy (non-hydrogen) atoms. The number of amides is 1. The minimum absolute atomic E-state index is 0.0610. The molecule has 0 radical (unpaired) electrons. The van der Waals surface area contributed by atoms with Crippen molar-refractivity contribution in [3.05, 3.63) is 0 Å².